The third-order valence-corrected chi connectivity index (χ3v) is 2.82. The fourth-order valence-electron chi connectivity index (χ4n) is 1.18. The highest BCUT2D eigenvalue weighted by Gasteiger charge is 2.09. The monoisotopic (exact) mass is 151 g/mol. The second-order valence-corrected chi connectivity index (χ2v) is 3.60. The van der Waals surface area contributed by atoms with Gasteiger partial charge in [0.25, 0.3) is 0 Å². The molecule has 52 valence electrons. The molecule has 0 aliphatic carbocycles. The van der Waals surface area contributed by atoms with Crippen LogP contribution in [0.15, 0.2) is 23.1 Å². The van der Waals surface area contributed by atoms with Crippen molar-refractivity contribution in [2.75, 3.05) is 11.5 Å². The molecule has 1 aliphatic rings. The first-order chi connectivity index (χ1) is 4.86. The number of hydrogen-bond acceptors (Lipinski definition) is 2. The second kappa shape index (κ2) is 2.20. The quantitative estimate of drug-likeness (QED) is 0.573. The topological polar surface area (TPSA) is 26.0 Å². The molecular weight excluding hydrogens is 142 g/mol. The molecule has 0 saturated carbocycles. The zero-order valence-corrected chi connectivity index (χ0v) is 6.45. The highest BCUT2D eigenvalue weighted by molar-refractivity contribution is 7.99. The number of anilines is 1. The van der Waals surface area contributed by atoms with Crippen molar-refractivity contribution in [3.63, 3.8) is 0 Å². The van der Waals surface area contributed by atoms with Gasteiger partial charge in [0.2, 0.25) is 0 Å². The highest BCUT2D eigenvalue weighted by Crippen LogP contribution is 2.32. The Kier molecular flexibility index (Phi) is 1.34. The van der Waals surface area contributed by atoms with Crippen molar-refractivity contribution in [2.45, 2.75) is 11.3 Å². The summed E-state index contributed by atoms with van der Waals surface area (Å²) in [7, 11) is 0. The summed E-state index contributed by atoms with van der Waals surface area (Å²) < 4.78 is 0. The molecule has 1 aromatic rings. The van der Waals surface area contributed by atoms with Gasteiger partial charge in [-0.15, -0.1) is 11.8 Å². The van der Waals surface area contributed by atoms with E-state index < -0.39 is 0 Å². The third kappa shape index (κ3) is 0.886. The van der Waals surface area contributed by atoms with Gasteiger partial charge in [-0.2, -0.15) is 0 Å². The van der Waals surface area contributed by atoms with E-state index in [1.54, 1.807) is 0 Å². The van der Waals surface area contributed by atoms with E-state index in [4.69, 9.17) is 5.73 Å². The highest BCUT2D eigenvalue weighted by atomic mass is 32.2. The Morgan fingerprint density at radius 1 is 1.40 bits per heavy atom. The van der Waals surface area contributed by atoms with Crippen LogP contribution < -0.4 is 5.73 Å². The molecule has 0 unspecified atom stereocenters. The zero-order valence-electron chi connectivity index (χ0n) is 5.63. The van der Waals surface area contributed by atoms with E-state index >= 15 is 0 Å². The molecule has 0 atom stereocenters. The maximum absolute atomic E-state index is 5.62. The van der Waals surface area contributed by atoms with Gasteiger partial charge >= 0.3 is 0 Å². The third-order valence-electron chi connectivity index (χ3n) is 1.72. The van der Waals surface area contributed by atoms with Gasteiger partial charge in [-0.3, -0.25) is 0 Å². The van der Waals surface area contributed by atoms with Crippen LogP contribution in [0.5, 0.6) is 0 Å². The van der Waals surface area contributed by atoms with Gasteiger partial charge in [0.15, 0.2) is 0 Å². The van der Waals surface area contributed by atoms with Crippen molar-refractivity contribution in [3.8, 4) is 0 Å². The smallest absolute Gasteiger partial charge is 0.0325 e. The molecular formula is C8H9NS. The minimum Gasteiger partial charge on any atom is -0.399 e. The summed E-state index contributed by atoms with van der Waals surface area (Å²) in [6.45, 7) is 0. The summed E-state index contributed by atoms with van der Waals surface area (Å²) in [6, 6.07) is 6.17. The second-order valence-electron chi connectivity index (χ2n) is 2.47. The molecule has 0 fully saturated rings. The molecule has 2 rings (SSSR count). The van der Waals surface area contributed by atoms with Gasteiger partial charge in [0.1, 0.15) is 0 Å². The van der Waals surface area contributed by atoms with Crippen LogP contribution in [-0.4, -0.2) is 5.75 Å². The van der Waals surface area contributed by atoms with Crippen molar-refractivity contribution in [3.05, 3.63) is 23.8 Å². The average molecular weight is 151 g/mol. The largest absolute Gasteiger partial charge is 0.399 e. The van der Waals surface area contributed by atoms with Crippen molar-refractivity contribution in [1.29, 1.82) is 0 Å². The van der Waals surface area contributed by atoms with Gasteiger partial charge < -0.3 is 5.73 Å². The van der Waals surface area contributed by atoms with Crippen LogP contribution in [0.3, 0.4) is 0 Å². The number of hydrogen-bond donors (Lipinski definition) is 1. The van der Waals surface area contributed by atoms with Crippen LogP contribution in [0, 0.1) is 0 Å². The predicted octanol–water partition coefficient (Wildman–Crippen LogP) is 1.92. The van der Waals surface area contributed by atoms with Gasteiger partial charge in [-0.1, -0.05) is 6.07 Å². The molecule has 1 aromatic carbocycles. The lowest BCUT2D eigenvalue weighted by atomic mass is 10.2. The Morgan fingerprint density at radius 3 is 3.20 bits per heavy atom. The number of nitrogen functional groups attached to an aromatic ring is 1. The molecule has 2 heteroatoms. The normalized spacial score (nSPS) is 15.2. The van der Waals surface area contributed by atoms with E-state index in [1.165, 1.54) is 22.6 Å². The molecule has 0 amide bonds. The van der Waals surface area contributed by atoms with Gasteiger partial charge in [0.05, 0.1) is 0 Å². The molecule has 0 spiro atoms. The summed E-state index contributed by atoms with van der Waals surface area (Å²) in [6.07, 6.45) is 1.21. The SMILES string of the molecule is Nc1ccc2c(c1)SCC2. The number of fused-ring (bicyclic) bond motifs is 1. The first kappa shape index (κ1) is 6.10. The van der Waals surface area contributed by atoms with E-state index in [2.05, 4.69) is 12.1 Å². The van der Waals surface area contributed by atoms with E-state index in [9.17, 15) is 0 Å². The fraction of sp³-hybridized carbons (Fsp3) is 0.250. The fourth-order valence-corrected chi connectivity index (χ4v) is 2.30. The first-order valence-corrected chi connectivity index (χ1v) is 4.36. The molecule has 10 heavy (non-hydrogen) atoms. The molecule has 0 bridgehead atoms. The van der Waals surface area contributed by atoms with E-state index in [1.807, 2.05) is 17.8 Å². The van der Waals surface area contributed by atoms with Gasteiger partial charge in [0, 0.05) is 16.3 Å². The molecule has 0 radical (unpaired) electrons. The Bertz CT molecular complexity index is 257. The van der Waals surface area contributed by atoms with Crippen LogP contribution >= 0.6 is 11.8 Å². The maximum Gasteiger partial charge on any atom is 0.0325 e. The maximum atomic E-state index is 5.62. The number of benzene rings is 1. The Labute approximate surface area is 64.6 Å². The number of rotatable bonds is 0. The first-order valence-electron chi connectivity index (χ1n) is 3.37. The lowest BCUT2D eigenvalue weighted by Gasteiger charge is -1.97. The Balaban J connectivity index is 2.52. The number of nitrogens with two attached hydrogens (primary N) is 1. The Morgan fingerprint density at radius 2 is 2.30 bits per heavy atom. The lowest BCUT2D eigenvalue weighted by molar-refractivity contribution is 1.15. The van der Waals surface area contributed by atoms with Crippen molar-refractivity contribution in [2.24, 2.45) is 0 Å². The van der Waals surface area contributed by atoms with Crippen molar-refractivity contribution >= 4 is 17.4 Å². The summed E-state index contributed by atoms with van der Waals surface area (Å²) in [5, 5.41) is 0. The van der Waals surface area contributed by atoms with Crippen molar-refractivity contribution < 1.29 is 0 Å². The number of aryl methyl sites for hydroxylation is 1. The summed E-state index contributed by atoms with van der Waals surface area (Å²) >= 11 is 1.90. The zero-order chi connectivity index (χ0) is 6.97. The van der Waals surface area contributed by atoms with Crippen LogP contribution in [0.25, 0.3) is 0 Å². The molecule has 1 heterocycles. The molecule has 2 N–H and O–H groups in total. The summed E-state index contributed by atoms with van der Waals surface area (Å²) in [5.41, 5.74) is 7.96. The van der Waals surface area contributed by atoms with E-state index in [0.717, 1.165) is 5.69 Å². The van der Waals surface area contributed by atoms with Crippen molar-refractivity contribution in [1.82, 2.24) is 0 Å². The summed E-state index contributed by atoms with van der Waals surface area (Å²) in [4.78, 5) is 1.38. The molecule has 1 nitrogen and oxygen atoms in total. The predicted molar refractivity (Wildman–Crippen MR) is 45.3 cm³/mol. The summed E-state index contributed by atoms with van der Waals surface area (Å²) in [5.74, 6) is 1.22. The van der Waals surface area contributed by atoms with Gasteiger partial charge in [-0.05, 0) is 24.1 Å². The standard InChI is InChI=1S/C8H9NS/c9-7-2-1-6-3-4-10-8(6)5-7/h1-2,5H,3-4,9H2. The molecule has 0 aromatic heterocycles. The van der Waals surface area contributed by atoms with E-state index in [-0.39, 0.29) is 0 Å². The minimum atomic E-state index is 0.883. The van der Waals surface area contributed by atoms with Crippen LogP contribution in [0.4, 0.5) is 5.69 Å². The minimum absolute atomic E-state index is 0.883. The molecule has 1 aliphatic heterocycles. The average Bonchev–Trinajstić information content (AvgIpc) is 2.33. The van der Waals surface area contributed by atoms with E-state index in [0.29, 0.717) is 0 Å². The van der Waals surface area contributed by atoms with Gasteiger partial charge in [-0.25, -0.2) is 0 Å². The van der Waals surface area contributed by atoms with Crippen LogP contribution in [-0.2, 0) is 6.42 Å². The lowest BCUT2D eigenvalue weighted by Crippen LogP contribution is -1.85. The van der Waals surface area contributed by atoms with Crippen LogP contribution in [0.2, 0.25) is 0 Å². The molecule has 0 saturated heterocycles. The Hall–Kier alpha value is -0.630. The van der Waals surface area contributed by atoms with Crippen LogP contribution in [0.1, 0.15) is 5.56 Å². The number of thioether (sulfide) groups is 1.